The van der Waals surface area contributed by atoms with Crippen LogP contribution in [0.5, 0.6) is 11.5 Å². The summed E-state index contributed by atoms with van der Waals surface area (Å²) in [5, 5.41) is 12.1. The number of thioether (sulfide) groups is 1. The fourth-order valence-electron chi connectivity index (χ4n) is 3.42. The van der Waals surface area contributed by atoms with Gasteiger partial charge in [0.1, 0.15) is 5.82 Å². The number of benzene rings is 3. The van der Waals surface area contributed by atoms with E-state index in [2.05, 4.69) is 15.5 Å². The molecule has 1 aliphatic heterocycles. The lowest BCUT2D eigenvalue weighted by molar-refractivity contribution is -0.113. The molecule has 1 aliphatic rings. The quantitative estimate of drug-likeness (QED) is 0.405. The molecule has 33 heavy (non-hydrogen) atoms. The molecule has 4 aromatic rings. The number of aromatic nitrogens is 3. The number of ether oxygens (including phenoxy) is 2. The number of amides is 1. The van der Waals surface area contributed by atoms with Gasteiger partial charge in [0.2, 0.25) is 12.7 Å². The second kappa shape index (κ2) is 9.33. The highest BCUT2D eigenvalue weighted by molar-refractivity contribution is 7.99. The van der Waals surface area contributed by atoms with E-state index in [9.17, 15) is 9.18 Å². The van der Waals surface area contributed by atoms with Gasteiger partial charge in [-0.15, -0.1) is 10.2 Å². The van der Waals surface area contributed by atoms with Crippen LogP contribution in [-0.4, -0.2) is 33.2 Å². The van der Waals surface area contributed by atoms with Crippen LogP contribution in [0.15, 0.2) is 78.0 Å². The molecular formula is C24H19FN4O3S. The van der Waals surface area contributed by atoms with Gasteiger partial charge in [0.15, 0.2) is 22.5 Å². The van der Waals surface area contributed by atoms with E-state index in [0.717, 1.165) is 16.9 Å². The zero-order chi connectivity index (χ0) is 22.6. The summed E-state index contributed by atoms with van der Waals surface area (Å²) in [6, 6.07) is 21.2. The summed E-state index contributed by atoms with van der Waals surface area (Å²) in [6.07, 6.45) is 0. The number of rotatable bonds is 7. The molecule has 0 unspecified atom stereocenters. The van der Waals surface area contributed by atoms with Crippen molar-refractivity contribution in [2.45, 2.75) is 11.7 Å². The summed E-state index contributed by atoms with van der Waals surface area (Å²) in [7, 11) is 0. The summed E-state index contributed by atoms with van der Waals surface area (Å²) in [5.74, 6) is 1.69. The summed E-state index contributed by atoms with van der Waals surface area (Å²) in [4.78, 5) is 12.4. The third kappa shape index (κ3) is 4.83. The van der Waals surface area contributed by atoms with Crippen LogP contribution in [0.1, 0.15) is 5.56 Å². The molecule has 166 valence electrons. The largest absolute Gasteiger partial charge is 0.454 e. The minimum atomic E-state index is -0.354. The Morgan fingerprint density at radius 3 is 2.61 bits per heavy atom. The van der Waals surface area contributed by atoms with E-state index in [1.807, 2.05) is 53.1 Å². The Hall–Kier alpha value is -3.85. The number of fused-ring (bicyclic) bond motifs is 1. The highest BCUT2D eigenvalue weighted by Crippen LogP contribution is 2.33. The van der Waals surface area contributed by atoms with Gasteiger partial charge < -0.3 is 14.8 Å². The molecule has 0 saturated heterocycles. The van der Waals surface area contributed by atoms with Gasteiger partial charge in [0, 0.05) is 11.3 Å². The van der Waals surface area contributed by atoms with E-state index in [1.165, 1.54) is 36.0 Å². The standard InChI is InChI=1S/C24H19FN4O3S/c25-18-7-9-19(10-8-18)26-22(30)14-33-24-28-27-23(17-4-2-1-3-5-17)29(24)13-16-6-11-20-21(12-16)32-15-31-20/h1-12H,13-15H2,(H,26,30). The first-order chi connectivity index (χ1) is 16.2. The van der Waals surface area contributed by atoms with E-state index in [4.69, 9.17) is 9.47 Å². The van der Waals surface area contributed by atoms with E-state index >= 15 is 0 Å². The highest BCUT2D eigenvalue weighted by Gasteiger charge is 2.18. The number of nitrogens with one attached hydrogen (secondary N) is 1. The maximum absolute atomic E-state index is 13.1. The van der Waals surface area contributed by atoms with Gasteiger partial charge in [-0.2, -0.15) is 0 Å². The lowest BCUT2D eigenvalue weighted by Crippen LogP contribution is -2.14. The Balaban J connectivity index is 1.37. The minimum Gasteiger partial charge on any atom is -0.454 e. The average Bonchev–Trinajstić information content (AvgIpc) is 3.46. The smallest absolute Gasteiger partial charge is 0.234 e. The number of hydrogen-bond acceptors (Lipinski definition) is 6. The molecule has 1 aromatic heterocycles. The van der Waals surface area contributed by atoms with E-state index in [-0.39, 0.29) is 24.3 Å². The number of halogens is 1. The van der Waals surface area contributed by atoms with Crippen molar-refractivity contribution >= 4 is 23.4 Å². The number of carbonyl (C=O) groups is 1. The van der Waals surface area contributed by atoms with Crippen LogP contribution in [0.2, 0.25) is 0 Å². The average molecular weight is 463 g/mol. The molecule has 0 saturated carbocycles. The molecular weight excluding hydrogens is 443 g/mol. The number of nitrogens with zero attached hydrogens (tertiary/aromatic N) is 3. The Labute approximate surface area is 193 Å². The van der Waals surface area contributed by atoms with Crippen LogP contribution in [0.4, 0.5) is 10.1 Å². The zero-order valence-electron chi connectivity index (χ0n) is 17.4. The zero-order valence-corrected chi connectivity index (χ0v) is 18.2. The molecule has 5 rings (SSSR count). The monoisotopic (exact) mass is 462 g/mol. The Morgan fingerprint density at radius 1 is 1.00 bits per heavy atom. The minimum absolute atomic E-state index is 0.130. The molecule has 1 N–H and O–H groups in total. The van der Waals surface area contributed by atoms with E-state index < -0.39 is 0 Å². The fourth-order valence-corrected chi connectivity index (χ4v) is 4.16. The molecule has 0 aliphatic carbocycles. The summed E-state index contributed by atoms with van der Waals surface area (Å²) in [6.45, 7) is 0.709. The Bertz CT molecular complexity index is 1280. The molecule has 3 aromatic carbocycles. The molecule has 2 heterocycles. The predicted octanol–water partition coefficient (Wildman–Crippen LogP) is 4.59. The fraction of sp³-hybridized carbons (Fsp3) is 0.125. The molecule has 0 atom stereocenters. The molecule has 0 bridgehead atoms. The van der Waals surface area contributed by atoms with Gasteiger partial charge in [-0.1, -0.05) is 48.2 Å². The van der Waals surface area contributed by atoms with Crippen molar-refractivity contribution < 1.29 is 18.7 Å². The van der Waals surface area contributed by atoms with Crippen LogP contribution in [-0.2, 0) is 11.3 Å². The summed E-state index contributed by atoms with van der Waals surface area (Å²) in [5.41, 5.74) is 2.45. The predicted molar refractivity (Wildman–Crippen MR) is 123 cm³/mol. The van der Waals surface area contributed by atoms with Crippen LogP contribution in [0.3, 0.4) is 0 Å². The van der Waals surface area contributed by atoms with Crippen molar-refractivity contribution in [1.82, 2.24) is 14.8 Å². The Kier molecular flexibility index (Phi) is 5.95. The van der Waals surface area contributed by atoms with Gasteiger partial charge in [-0.05, 0) is 42.0 Å². The number of carbonyl (C=O) groups excluding carboxylic acids is 1. The molecule has 7 nitrogen and oxygen atoms in total. The van der Waals surface area contributed by atoms with Crippen LogP contribution in [0.25, 0.3) is 11.4 Å². The molecule has 9 heteroatoms. The van der Waals surface area contributed by atoms with Gasteiger partial charge in [-0.25, -0.2) is 4.39 Å². The molecule has 0 fully saturated rings. The van der Waals surface area contributed by atoms with Crippen LogP contribution in [0, 0.1) is 5.82 Å². The third-order valence-corrected chi connectivity index (χ3v) is 5.95. The first kappa shape index (κ1) is 21.0. The van der Waals surface area contributed by atoms with Crippen LogP contribution >= 0.6 is 11.8 Å². The van der Waals surface area contributed by atoms with Crippen molar-refractivity contribution in [2.24, 2.45) is 0 Å². The summed E-state index contributed by atoms with van der Waals surface area (Å²) >= 11 is 1.29. The second-order valence-electron chi connectivity index (χ2n) is 7.29. The normalized spacial score (nSPS) is 12.0. The maximum Gasteiger partial charge on any atom is 0.234 e. The van der Waals surface area contributed by atoms with E-state index in [0.29, 0.717) is 29.0 Å². The molecule has 0 radical (unpaired) electrons. The lowest BCUT2D eigenvalue weighted by atomic mass is 10.2. The van der Waals surface area contributed by atoms with Crippen LogP contribution < -0.4 is 14.8 Å². The van der Waals surface area contributed by atoms with Gasteiger partial charge in [0.25, 0.3) is 0 Å². The lowest BCUT2D eigenvalue weighted by Gasteiger charge is -2.11. The Morgan fingerprint density at radius 2 is 1.79 bits per heavy atom. The maximum atomic E-state index is 13.1. The van der Waals surface area contributed by atoms with Gasteiger partial charge >= 0.3 is 0 Å². The summed E-state index contributed by atoms with van der Waals surface area (Å²) < 4.78 is 26.0. The molecule has 0 spiro atoms. The van der Waals surface area contributed by atoms with E-state index in [1.54, 1.807) is 0 Å². The SMILES string of the molecule is O=C(CSc1nnc(-c2ccccc2)n1Cc1ccc2c(c1)OCO2)Nc1ccc(F)cc1. The topological polar surface area (TPSA) is 78.3 Å². The van der Waals surface area contributed by atoms with Crippen molar-refractivity contribution in [3.05, 3.63) is 84.2 Å². The first-order valence-electron chi connectivity index (χ1n) is 10.2. The second-order valence-corrected chi connectivity index (χ2v) is 8.23. The van der Waals surface area contributed by atoms with Crippen molar-refractivity contribution in [1.29, 1.82) is 0 Å². The van der Waals surface area contributed by atoms with Gasteiger partial charge in [-0.3, -0.25) is 9.36 Å². The first-order valence-corrected chi connectivity index (χ1v) is 11.2. The van der Waals surface area contributed by atoms with Crippen molar-refractivity contribution in [3.8, 4) is 22.9 Å². The number of anilines is 1. The number of hydrogen-bond donors (Lipinski definition) is 1. The van der Waals surface area contributed by atoms with Crippen molar-refractivity contribution in [3.63, 3.8) is 0 Å². The third-order valence-electron chi connectivity index (χ3n) is 4.99. The van der Waals surface area contributed by atoms with Gasteiger partial charge in [0.05, 0.1) is 12.3 Å². The highest BCUT2D eigenvalue weighted by atomic mass is 32.2. The molecule has 1 amide bonds. The van der Waals surface area contributed by atoms with Crippen molar-refractivity contribution in [2.75, 3.05) is 17.9 Å².